The van der Waals surface area contributed by atoms with E-state index in [-0.39, 0.29) is 23.5 Å². The zero-order valence-electron chi connectivity index (χ0n) is 19.1. The Balaban J connectivity index is 1.30. The monoisotopic (exact) mass is 477 g/mol. The standard InChI is InChI=1S/C24H28BN5O3S/c25-24(33)28-20(16-7-2-1-3-8-16)23(32)30-14-6-9-17(15-30)22(31)27-13-12-26-21-18-10-4-5-11-19(18)34-29-21/h1-5,7-8,10-11,17,20H,6,9,12-15,25H2,(H,26,29)(H,27,31)(H,28,33). The number of amides is 3. The van der Waals surface area contributed by atoms with Crippen LogP contribution in [0.5, 0.6) is 0 Å². The number of nitrogens with zero attached hydrogens (tertiary/aromatic N) is 2. The third kappa shape index (κ3) is 5.74. The van der Waals surface area contributed by atoms with Gasteiger partial charge in [-0.3, -0.25) is 14.4 Å². The lowest BCUT2D eigenvalue weighted by Crippen LogP contribution is -2.49. The van der Waals surface area contributed by atoms with Gasteiger partial charge in [-0.2, -0.15) is 4.37 Å². The Bertz CT molecular complexity index is 1160. The lowest BCUT2D eigenvalue weighted by molar-refractivity contribution is -0.137. The van der Waals surface area contributed by atoms with E-state index in [0.29, 0.717) is 26.2 Å². The molecule has 0 radical (unpaired) electrons. The van der Waals surface area contributed by atoms with Crippen LogP contribution < -0.4 is 16.0 Å². The Morgan fingerprint density at radius 3 is 2.65 bits per heavy atom. The summed E-state index contributed by atoms with van der Waals surface area (Å²) >= 11 is 1.44. The first-order valence-electron chi connectivity index (χ1n) is 11.5. The summed E-state index contributed by atoms with van der Waals surface area (Å²) in [4.78, 5) is 39.5. The number of piperidine rings is 1. The zero-order chi connectivity index (χ0) is 23.9. The first-order valence-corrected chi connectivity index (χ1v) is 12.3. The molecule has 1 aliphatic rings. The van der Waals surface area contributed by atoms with E-state index in [2.05, 4.69) is 20.3 Å². The van der Waals surface area contributed by atoms with Crippen LogP contribution in [0.3, 0.4) is 0 Å². The lowest BCUT2D eigenvalue weighted by Gasteiger charge is -2.34. The molecule has 2 aromatic carbocycles. The van der Waals surface area contributed by atoms with Gasteiger partial charge in [-0.15, -0.1) is 0 Å². The number of aromatic nitrogens is 1. The maximum atomic E-state index is 13.3. The van der Waals surface area contributed by atoms with Crippen molar-refractivity contribution in [1.29, 1.82) is 0 Å². The van der Waals surface area contributed by atoms with Gasteiger partial charge in [0.05, 0.1) is 10.6 Å². The minimum absolute atomic E-state index is 0.0572. The second-order valence-electron chi connectivity index (χ2n) is 8.41. The van der Waals surface area contributed by atoms with Crippen LogP contribution in [-0.4, -0.2) is 60.9 Å². The van der Waals surface area contributed by atoms with Crippen molar-refractivity contribution in [3.63, 3.8) is 0 Å². The molecular formula is C24H28BN5O3S. The van der Waals surface area contributed by atoms with E-state index in [9.17, 15) is 14.4 Å². The molecule has 34 heavy (non-hydrogen) atoms. The third-order valence-corrected chi connectivity index (χ3v) is 6.75. The summed E-state index contributed by atoms with van der Waals surface area (Å²) in [6, 6.07) is 16.5. The summed E-state index contributed by atoms with van der Waals surface area (Å²) in [5, 5.41) is 10.1. The van der Waals surface area contributed by atoms with E-state index in [1.807, 2.05) is 54.6 Å². The van der Waals surface area contributed by atoms with Crippen molar-refractivity contribution < 1.29 is 14.4 Å². The van der Waals surface area contributed by atoms with Crippen LogP contribution in [0, 0.1) is 5.92 Å². The van der Waals surface area contributed by atoms with Gasteiger partial charge < -0.3 is 20.9 Å². The average molecular weight is 477 g/mol. The van der Waals surface area contributed by atoms with Gasteiger partial charge in [0.2, 0.25) is 19.7 Å². The van der Waals surface area contributed by atoms with Crippen LogP contribution in [0.15, 0.2) is 54.6 Å². The molecule has 4 rings (SSSR count). The molecule has 176 valence electrons. The molecule has 1 aliphatic heterocycles. The zero-order valence-corrected chi connectivity index (χ0v) is 19.9. The molecule has 0 spiro atoms. The van der Waals surface area contributed by atoms with Crippen molar-refractivity contribution in [3.05, 3.63) is 60.2 Å². The molecule has 3 amide bonds. The van der Waals surface area contributed by atoms with Crippen LogP contribution in [0.1, 0.15) is 24.4 Å². The van der Waals surface area contributed by atoms with Gasteiger partial charge in [-0.25, -0.2) is 0 Å². The van der Waals surface area contributed by atoms with E-state index < -0.39 is 6.04 Å². The predicted octanol–water partition coefficient (Wildman–Crippen LogP) is 2.15. The molecule has 2 unspecified atom stereocenters. The fraction of sp³-hybridized carbons (Fsp3) is 0.333. The molecule has 8 nitrogen and oxygen atoms in total. The summed E-state index contributed by atoms with van der Waals surface area (Å²) in [5.74, 6) is 0.0452. The van der Waals surface area contributed by atoms with Crippen LogP contribution in [0.4, 0.5) is 10.6 Å². The third-order valence-electron chi connectivity index (χ3n) is 5.93. The SMILES string of the molecule is BC(=O)NC(C(=O)N1CCCC(C(=O)NCCNc2nsc3ccccc23)C1)c1ccccc1. The number of nitrogens with one attached hydrogen (secondary N) is 3. The van der Waals surface area contributed by atoms with Gasteiger partial charge in [0.1, 0.15) is 11.9 Å². The summed E-state index contributed by atoms with van der Waals surface area (Å²) in [5.41, 5.74) is 0.731. The van der Waals surface area contributed by atoms with Gasteiger partial charge in [0.15, 0.2) is 5.81 Å². The van der Waals surface area contributed by atoms with Crippen molar-refractivity contribution in [2.75, 3.05) is 31.5 Å². The summed E-state index contributed by atoms with van der Waals surface area (Å²) < 4.78 is 5.56. The average Bonchev–Trinajstić information content (AvgIpc) is 3.28. The van der Waals surface area contributed by atoms with Crippen LogP contribution in [-0.2, 0) is 9.59 Å². The normalized spacial score (nSPS) is 16.6. The van der Waals surface area contributed by atoms with Crippen LogP contribution >= 0.6 is 11.5 Å². The van der Waals surface area contributed by atoms with Crippen molar-refractivity contribution in [1.82, 2.24) is 19.9 Å². The van der Waals surface area contributed by atoms with Gasteiger partial charge >= 0.3 is 0 Å². The predicted molar refractivity (Wildman–Crippen MR) is 137 cm³/mol. The quantitative estimate of drug-likeness (QED) is 0.341. The summed E-state index contributed by atoms with van der Waals surface area (Å²) in [6.45, 7) is 1.95. The van der Waals surface area contributed by atoms with E-state index in [0.717, 1.165) is 34.3 Å². The summed E-state index contributed by atoms with van der Waals surface area (Å²) in [6.07, 6.45) is 1.48. The molecule has 1 aromatic heterocycles. The molecular weight excluding hydrogens is 449 g/mol. The molecule has 2 atom stereocenters. The maximum absolute atomic E-state index is 13.3. The number of benzene rings is 2. The molecule has 0 saturated carbocycles. The highest BCUT2D eigenvalue weighted by Gasteiger charge is 2.32. The van der Waals surface area contributed by atoms with Crippen LogP contribution in [0.25, 0.3) is 10.1 Å². The number of likely N-dealkylation sites (tertiary alicyclic amines) is 1. The fourth-order valence-corrected chi connectivity index (χ4v) is 4.99. The van der Waals surface area contributed by atoms with E-state index in [1.54, 1.807) is 4.90 Å². The Morgan fingerprint density at radius 1 is 1.09 bits per heavy atom. The number of carbonyl (C=O) groups is 3. The van der Waals surface area contributed by atoms with Gasteiger partial charge in [0.25, 0.3) is 0 Å². The Kier molecular flexibility index (Phi) is 7.79. The first kappa shape index (κ1) is 23.8. The van der Waals surface area contributed by atoms with Crippen molar-refractivity contribution >= 4 is 52.9 Å². The van der Waals surface area contributed by atoms with E-state index in [4.69, 9.17) is 0 Å². The molecule has 3 N–H and O–H groups in total. The van der Waals surface area contributed by atoms with Crippen molar-refractivity contribution in [2.24, 2.45) is 5.92 Å². The lowest BCUT2D eigenvalue weighted by atomic mass is 9.95. The fourth-order valence-electron chi connectivity index (χ4n) is 4.23. The number of hydrogen-bond donors (Lipinski definition) is 3. The number of rotatable bonds is 8. The van der Waals surface area contributed by atoms with Gasteiger partial charge in [0, 0.05) is 31.6 Å². The first-order chi connectivity index (χ1) is 16.5. The maximum Gasteiger partial charge on any atom is 0.249 e. The molecule has 0 aliphatic carbocycles. The Morgan fingerprint density at radius 2 is 1.85 bits per heavy atom. The Hall–Kier alpha value is -3.40. The van der Waals surface area contributed by atoms with Crippen LogP contribution in [0.2, 0.25) is 0 Å². The second-order valence-corrected chi connectivity index (χ2v) is 9.22. The molecule has 1 fully saturated rings. The number of anilines is 1. The second kappa shape index (κ2) is 11.2. The van der Waals surface area contributed by atoms with E-state index in [1.165, 1.54) is 19.4 Å². The topological polar surface area (TPSA) is 103 Å². The van der Waals surface area contributed by atoms with E-state index >= 15 is 0 Å². The molecule has 10 heteroatoms. The number of hydrogen-bond acceptors (Lipinski definition) is 6. The minimum atomic E-state index is -0.752. The molecule has 2 heterocycles. The Labute approximate surface area is 203 Å². The molecule has 0 bridgehead atoms. The van der Waals surface area contributed by atoms with Gasteiger partial charge in [-0.05, 0) is 42.1 Å². The minimum Gasteiger partial charge on any atom is -0.367 e. The smallest absolute Gasteiger partial charge is 0.249 e. The molecule has 1 saturated heterocycles. The largest absolute Gasteiger partial charge is 0.367 e. The van der Waals surface area contributed by atoms with Crippen molar-refractivity contribution in [3.8, 4) is 0 Å². The number of carbonyl (C=O) groups excluding carboxylic acids is 3. The van der Waals surface area contributed by atoms with Crippen molar-refractivity contribution in [2.45, 2.75) is 18.9 Å². The highest BCUT2D eigenvalue weighted by atomic mass is 32.1. The van der Waals surface area contributed by atoms with Gasteiger partial charge in [-0.1, -0.05) is 42.5 Å². The molecule has 3 aromatic rings. The number of fused-ring (bicyclic) bond motifs is 1. The highest BCUT2D eigenvalue weighted by Crippen LogP contribution is 2.26. The highest BCUT2D eigenvalue weighted by molar-refractivity contribution is 7.13. The summed E-state index contributed by atoms with van der Waals surface area (Å²) in [7, 11) is 1.40.